The fraction of sp³-hybridized carbons (Fsp3) is 0.143. The second-order valence-corrected chi connectivity index (χ2v) is 3.81. The van der Waals surface area contributed by atoms with Gasteiger partial charge in [-0.05, 0) is 13.0 Å². The third-order valence-corrected chi connectivity index (χ3v) is 2.47. The molecule has 0 aliphatic carbocycles. The molecule has 2 rings (SSSR count). The van der Waals surface area contributed by atoms with Crippen LogP contribution in [-0.2, 0) is 6.54 Å². The van der Waals surface area contributed by atoms with Crippen molar-refractivity contribution in [3.05, 3.63) is 66.0 Å². The molecule has 0 amide bonds. The molecule has 88 valence electrons. The summed E-state index contributed by atoms with van der Waals surface area (Å²) in [6.45, 7) is 2.38. The first-order chi connectivity index (χ1) is 7.75. The lowest BCUT2D eigenvalue weighted by Crippen LogP contribution is -3.00. The maximum atomic E-state index is 11.2. The topological polar surface area (TPSA) is 20.9 Å². The van der Waals surface area contributed by atoms with Crippen molar-refractivity contribution in [3.63, 3.8) is 0 Å². The van der Waals surface area contributed by atoms with Crippen molar-refractivity contribution < 1.29 is 21.8 Å². The summed E-state index contributed by atoms with van der Waals surface area (Å²) in [5.74, 6) is 0.0995. The summed E-state index contributed by atoms with van der Waals surface area (Å²) >= 11 is 0. The van der Waals surface area contributed by atoms with Gasteiger partial charge in [-0.3, -0.25) is 4.79 Å². The molecule has 0 spiro atoms. The van der Waals surface area contributed by atoms with Gasteiger partial charge < -0.3 is 12.4 Å². The van der Waals surface area contributed by atoms with Crippen LogP contribution in [-0.4, -0.2) is 5.78 Å². The van der Waals surface area contributed by atoms with E-state index >= 15 is 0 Å². The number of carbonyl (C=O) groups is 1. The highest BCUT2D eigenvalue weighted by Crippen LogP contribution is 1.99. The maximum absolute atomic E-state index is 11.2. The predicted molar refractivity (Wildman–Crippen MR) is 62.2 cm³/mol. The first-order valence-corrected chi connectivity index (χ1v) is 5.30. The minimum Gasteiger partial charge on any atom is -1.00 e. The molecule has 0 aliphatic rings. The van der Waals surface area contributed by atoms with E-state index in [2.05, 4.69) is 12.1 Å². The number of nitrogens with zero attached hydrogens (tertiary/aromatic N) is 1. The molecule has 0 fully saturated rings. The van der Waals surface area contributed by atoms with Crippen LogP contribution in [0.5, 0.6) is 0 Å². The SMILES string of the molecule is CC(=O)c1ccc[n+](Cc2ccccc2)c1.[Cl-]. The molecule has 0 bridgehead atoms. The number of ketones is 1. The molecule has 3 heteroatoms. The number of halogens is 1. The number of pyridine rings is 1. The van der Waals surface area contributed by atoms with E-state index in [1.807, 2.05) is 47.3 Å². The largest absolute Gasteiger partial charge is 1.00 e. The van der Waals surface area contributed by atoms with Crippen LogP contribution in [0.3, 0.4) is 0 Å². The van der Waals surface area contributed by atoms with Crippen molar-refractivity contribution in [1.82, 2.24) is 0 Å². The number of aromatic nitrogens is 1. The first-order valence-electron chi connectivity index (χ1n) is 5.30. The van der Waals surface area contributed by atoms with Crippen LogP contribution >= 0.6 is 0 Å². The Bertz CT molecular complexity index is 497. The fourth-order valence-electron chi connectivity index (χ4n) is 1.62. The number of hydrogen-bond acceptors (Lipinski definition) is 1. The summed E-state index contributed by atoms with van der Waals surface area (Å²) in [5.41, 5.74) is 1.98. The zero-order chi connectivity index (χ0) is 11.4. The molecule has 1 aromatic heterocycles. The minimum absolute atomic E-state index is 0. The summed E-state index contributed by atoms with van der Waals surface area (Å²) in [6, 6.07) is 13.9. The van der Waals surface area contributed by atoms with Crippen LogP contribution in [0.15, 0.2) is 54.9 Å². The second-order valence-electron chi connectivity index (χ2n) is 3.81. The van der Waals surface area contributed by atoms with Gasteiger partial charge in [0.25, 0.3) is 0 Å². The van der Waals surface area contributed by atoms with Crippen molar-refractivity contribution in [1.29, 1.82) is 0 Å². The van der Waals surface area contributed by atoms with E-state index in [0.29, 0.717) is 0 Å². The lowest BCUT2D eigenvalue weighted by Gasteiger charge is -1.98. The van der Waals surface area contributed by atoms with Crippen LogP contribution in [0.4, 0.5) is 0 Å². The van der Waals surface area contributed by atoms with Crippen LogP contribution in [0.1, 0.15) is 22.8 Å². The summed E-state index contributed by atoms with van der Waals surface area (Å²) in [7, 11) is 0. The summed E-state index contributed by atoms with van der Waals surface area (Å²) in [6.07, 6.45) is 3.86. The van der Waals surface area contributed by atoms with E-state index in [1.165, 1.54) is 5.56 Å². The molecule has 17 heavy (non-hydrogen) atoms. The Hall–Kier alpha value is -1.67. The number of rotatable bonds is 3. The van der Waals surface area contributed by atoms with Crippen molar-refractivity contribution >= 4 is 5.78 Å². The minimum atomic E-state index is 0. The lowest BCUT2D eigenvalue weighted by molar-refractivity contribution is -0.688. The normalized spacial score (nSPS) is 9.47. The van der Waals surface area contributed by atoms with Crippen molar-refractivity contribution in [2.24, 2.45) is 0 Å². The summed E-state index contributed by atoms with van der Waals surface area (Å²) in [4.78, 5) is 11.2. The summed E-state index contributed by atoms with van der Waals surface area (Å²) in [5, 5.41) is 0. The summed E-state index contributed by atoms with van der Waals surface area (Å²) < 4.78 is 2.02. The highest BCUT2D eigenvalue weighted by Gasteiger charge is 2.06. The molecule has 0 saturated heterocycles. The average molecular weight is 248 g/mol. The highest BCUT2D eigenvalue weighted by atomic mass is 35.5. The van der Waals surface area contributed by atoms with Gasteiger partial charge in [0.1, 0.15) is 0 Å². The second kappa shape index (κ2) is 6.16. The first kappa shape index (κ1) is 13.4. The van der Waals surface area contributed by atoms with Crippen LogP contribution in [0.25, 0.3) is 0 Å². The van der Waals surface area contributed by atoms with Gasteiger partial charge in [-0.15, -0.1) is 0 Å². The molecule has 2 nitrogen and oxygen atoms in total. The zero-order valence-electron chi connectivity index (χ0n) is 9.64. The number of benzene rings is 1. The maximum Gasteiger partial charge on any atom is 0.179 e. The number of Topliss-reactive ketones (excluding diaryl/α,β-unsaturated/α-hetero) is 1. The van der Waals surface area contributed by atoms with E-state index in [-0.39, 0.29) is 18.2 Å². The monoisotopic (exact) mass is 247 g/mol. The third kappa shape index (κ3) is 3.68. The van der Waals surface area contributed by atoms with E-state index in [0.717, 1.165) is 12.1 Å². The van der Waals surface area contributed by atoms with E-state index in [1.54, 1.807) is 6.92 Å². The molecule has 0 N–H and O–H groups in total. The van der Waals surface area contributed by atoms with Gasteiger partial charge in [0.15, 0.2) is 24.7 Å². The van der Waals surface area contributed by atoms with Crippen molar-refractivity contribution in [3.8, 4) is 0 Å². The Kier molecular flexibility index (Phi) is 4.85. The molecular formula is C14H14ClNO. The molecule has 1 aromatic carbocycles. The Labute approximate surface area is 107 Å². The predicted octanol–water partition coefficient (Wildman–Crippen LogP) is -0.771. The van der Waals surface area contributed by atoms with E-state index in [4.69, 9.17) is 0 Å². The van der Waals surface area contributed by atoms with Gasteiger partial charge in [0, 0.05) is 11.6 Å². The van der Waals surface area contributed by atoms with Crippen LogP contribution < -0.4 is 17.0 Å². The van der Waals surface area contributed by atoms with Crippen molar-refractivity contribution in [2.75, 3.05) is 0 Å². The van der Waals surface area contributed by atoms with E-state index in [9.17, 15) is 4.79 Å². The zero-order valence-corrected chi connectivity index (χ0v) is 10.4. The molecule has 2 aromatic rings. The van der Waals surface area contributed by atoms with Gasteiger partial charge in [-0.25, -0.2) is 4.57 Å². The van der Waals surface area contributed by atoms with Crippen LogP contribution in [0.2, 0.25) is 0 Å². The molecule has 0 radical (unpaired) electrons. The van der Waals surface area contributed by atoms with Gasteiger partial charge in [0.05, 0.1) is 5.56 Å². The lowest BCUT2D eigenvalue weighted by atomic mass is 10.2. The molecular weight excluding hydrogens is 234 g/mol. The smallest absolute Gasteiger partial charge is 0.179 e. The van der Waals surface area contributed by atoms with Crippen molar-refractivity contribution in [2.45, 2.75) is 13.5 Å². The Morgan fingerprint density at radius 1 is 1.12 bits per heavy atom. The Morgan fingerprint density at radius 3 is 2.47 bits per heavy atom. The van der Waals surface area contributed by atoms with Gasteiger partial charge >= 0.3 is 0 Å². The van der Waals surface area contributed by atoms with Gasteiger partial charge in [0.2, 0.25) is 0 Å². The Morgan fingerprint density at radius 2 is 1.82 bits per heavy atom. The number of hydrogen-bond donors (Lipinski definition) is 0. The quantitative estimate of drug-likeness (QED) is 0.516. The molecule has 0 unspecified atom stereocenters. The third-order valence-electron chi connectivity index (χ3n) is 2.47. The van der Waals surface area contributed by atoms with E-state index < -0.39 is 0 Å². The molecule has 1 heterocycles. The standard InChI is InChI=1S/C14H14NO.ClH/c1-12(16)14-8-5-9-15(11-14)10-13-6-3-2-4-7-13;/h2-9,11H,10H2,1H3;1H/q+1;/p-1. The number of carbonyl (C=O) groups excluding carboxylic acids is 1. The Balaban J connectivity index is 0.00000144. The molecule has 0 saturated carbocycles. The fourth-order valence-corrected chi connectivity index (χ4v) is 1.62. The molecule has 0 aliphatic heterocycles. The van der Waals surface area contributed by atoms with Gasteiger partial charge in [-0.1, -0.05) is 30.3 Å². The van der Waals surface area contributed by atoms with Gasteiger partial charge in [-0.2, -0.15) is 0 Å². The highest BCUT2D eigenvalue weighted by molar-refractivity contribution is 5.93. The molecule has 0 atom stereocenters. The average Bonchev–Trinajstić information content (AvgIpc) is 2.30. The van der Waals surface area contributed by atoms with Crippen LogP contribution in [0, 0.1) is 0 Å².